The normalized spacial score (nSPS) is 11.3. The van der Waals surface area contributed by atoms with Gasteiger partial charge in [-0.3, -0.25) is 4.79 Å². The molecule has 0 heterocycles. The van der Waals surface area contributed by atoms with Crippen molar-refractivity contribution in [2.75, 3.05) is 10.6 Å². The number of rotatable bonds is 5. The smallest absolute Gasteiger partial charge is 0.246 e. The fourth-order valence-corrected chi connectivity index (χ4v) is 2.07. The molecule has 0 saturated heterocycles. The summed E-state index contributed by atoms with van der Waals surface area (Å²) in [5.74, 6) is -0.144. The Morgan fingerprint density at radius 3 is 2.55 bits per heavy atom. The fraction of sp³-hybridized carbons (Fsp3) is 0.222. The standard InChI is InChI=1S/C18H19N3O/c1-3-14-7-9-16(10-8-14)20-13(2)18(22)21-17-6-4-5-15(11-17)12-19/h4-11,13,20H,3H2,1-2H3,(H,21,22). The van der Waals surface area contributed by atoms with Crippen LogP contribution in [-0.4, -0.2) is 11.9 Å². The number of nitriles is 1. The van der Waals surface area contributed by atoms with Gasteiger partial charge in [-0.05, 0) is 49.2 Å². The number of benzene rings is 2. The molecule has 1 amide bonds. The van der Waals surface area contributed by atoms with E-state index in [0.29, 0.717) is 11.3 Å². The maximum absolute atomic E-state index is 12.2. The summed E-state index contributed by atoms with van der Waals surface area (Å²) >= 11 is 0. The summed E-state index contributed by atoms with van der Waals surface area (Å²) in [5, 5.41) is 14.8. The molecule has 0 aromatic heterocycles. The Morgan fingerprint density at radius 2 is 1.91 bits per heavy atom. The van der Waals surface area contributed by atoms with E-state index in [0.717, 1.165) is 12.1 Å². The van der Waals surface area contributed by atoms with Crippen LogP contribution < -0.4 is 10.6 Å². The first-order chi connectivity index (χ1) is 10.6. The van der Waals surface area contributed by atoms with Gasteiger partial charge in [-0.2, -0.15) is 5.26 Å². The predicted molar refractivity (Wildman–Crippen MR) is 88.7 cm³/mol. The quantitative estimate of drug-likeness (QED) is 0.886. The fourth-order valence-electron chi connectivity index (χ4n) is 2.07. The molecule has 4 heteroatoms. The van der Waals surface area contributed by atoms with Crippen LogP contribution in [0.25, 0.3) is 0 Å². The molecule has 2 N–H and O–H groups in total. The number of amides is 1. The number of nitrogens with zero attached hydrogens (tertiary/aromatic N) is 1. The van der Waals surface area contributed by atoms with Crippen LogP contribution >= 0.6 is 0 Å². The highest BCUT2D eigenvalue weighted by atomic mass is 16.2. The average Bonchev–Trinajstić information content (AvgIpc) is 2.55. The van der Waals surface area contributed by atoms with Crippen LogP contribution in [0.5, 0.6) is 0 Å². The highest BCUT2D eigenvalue weighted by Crippen LogP contribution is 2.13. The van der Waals surface area contributed by atoms with Crippen molar-refractivity contribution < 1.29 is 4.79 Å². The molecule has 22 heavy (non-hydrogen) atoms. The molecule has 1 unspecified atom stereocenters. The van der Waals surface area contributed by atoms with E-state index in [4.69, 9.17) is 5.26 Å². The summed E-state index contributed by atoms with van der Waals surface area (Å²) in [7, 11) is 0. The number of aryl methyl sites for hydroxylation is 1. The third kappa shape index (κ3) is 4.10. The number of hydrogen-bond donors (Lipinski definition) is 2. The Bertz CT molecular complexity index is 686. The summed E-state index contributed by atoms with van der Waals surface area (Å²) in [6.45, 7) is 3.91. The minimum Gasteiger partial charge on any atom is -0.374 e. The van der Waals surface area contributed by atoms with E-state index in [9.17, 15) is 4.79 Å². The summed E-state index contributed by atoms with van der Waals surface area (Å²) in [4.78, 5) is 12.2. The first kappa shape index (κ1) is 15.6. The highest BCUT2D eigenvalue weighted by molar-refractivity contribution is 5.96. The molecule has 0 fully saturated rings. The van der Waals surface area contributed by atoms with Crippen molar-refractivity contribution in [2.24, 2.45) is 0 Å². The molecule has 0 aliphatic carbocycles. The van der Waals surface area contributed by atoms with E-state index in [1.807, 2.05) is 24.3 Å². The van der Waals surface area contributed by atoms with Crippen LogP contribution in [0.1, 0.15) is 25.0 Å². The lowest BCUT2D eigenvalue weighted by atomic mass is 10.1. The Labute approximate surface area is 130 Å². The van der Waals surface area contributed by atoms with E-state index < -0.39 is 0 Å². The van der Waals surface area contributed by atoms with Crippen LogP contribution in [0.15, 0.2) is 48.5 Å². The van der Waals surface area contributed by atoms with Crippen LogP contribution in [0.4, 0.5) is 11.4 Å². The minimum absolute atomic E-state index is 0.144. The van der Waals surface area contributed by atoms with Gasteiger partial charge in [0.1, 0.15) is 6.04 Å². The van der Waals surface area contributed by atoms with E-state index in [2.05, 4.69) is 23.6 Å². The SMILES string of the molecule is CCc1ccc(NC(C)C(=O)Nc2cccc(C#N)c2)cc1. The Balaban J connectivity index is 1.97. The van der Waals surface area contributed by atoms with Gasteiger partial charge in [-0.25, -0.2) is 0 Å². The summed E-state index contributed by atoms with van der Waals surface area (Å²) in [6.07, 6.45) is 0.992. The molecule has 0 aliphatic heterocycles. The van der Waals surface area contributed by atoms with E-state index in [1.165, 1.54) is 5.56 Å². The van der Waals surface area contributed by atoms with Gasteiger partial charge in [0.2, 0.25) is 5.91 Å². The largest absolute Gasteiger partial charge is 0.374 e. The zero-order valence-corrected chi connectivity index (χ0v) is 12.8. The molecule has 2 aromatic rings. The molecule has 0 aliphatic rings. The van der Waals surface area contributed by atoms with E-state index in [-0.39, 0.29) is 11.9 Å². The molecule has 0 saturated carbocycles. The number of carbonyl (C=O) groups excluding carboxylic acids is 1. The first-order valence-electron chi connectivity index (χ1n) is 7.29. The van der Waals surface area contributed by atoms with Crippen molar-refractivity contribution in [3.8, 4) is 6.07 Å². The molecule has 1 atom stereocenters. The van der Waals surface area contributed by atoms with E-state index >= 15 is 0 Å². The maximum atomic E-state index is 12.2. The molecule has 2 rings (SSSR count). The van der Waals surface area contributed by atoms with Crippen molar-refractivity contribution in [2.45, 2.75) is 26.3 Å². The monoisotopic (exact) mass is 293 g/mol. The second kappa shape index (κ2) is 7.28. The third-order valence-electron chi connectivity index (χ3n) is 3.40. The zero-order valence-electron chi connectivity index (χ0n) is 12.8. The molecule has 0 spiro atoms. The zero-order chi connectivity index (χ0) is 15.9. The Morgan fingerprint density at radius 1 is 1.18 bits per heavy atom. The van der Waals surface area contributed by atoms with Gasteiger partial charge < -0.3 is 10.6 Å². The molecule has 2 aromatic carbocycles. The lowest BCUT2D eigenvalue weighted by molar-refractivity contribution is -0.116. The van der Waals surface area contributed by atoms with Gasteiger partial charge in [-0.1, -0.05) is 25.1 Å². The number of hydrogen-bond acceptors (Lipinski definition) is 3. The summed E-state index contributed by atoms with van der Waals surface area (Å²) in [5.41, 5.74) is 3.31. The lowest BCUT2D eigenvalue weighted by Crippen LogP contribution is -2.31. The molecular formula is C18H19N3O. The van der Waals surface area contributed by atoms with Crippen molar-refractivity contribution in [1.82, 2.24) is 0 Å². The van der Waals surface area contributed by atoms with Gasteiger partial charge in [0.25, 0.3) is 0 Å². The van der Waals surface area contributed by atoms with Crippen molar-refractivity contribution in [3.63, 3.8) is 0 Å². The van der Waals surface area contributed by atoms with Gasteiger partial charge in [0.15, 0.2) is 0 Å². The van der Waals surface area contributed by atoms with Crippen molar-refractivity contribution in [3.05, 3.63) is 59.7 Å². The average molecular weight is 293 g/mol. The van der Waals surface area contributed by atoms with Gasteiger partial charge in [0.05, 0.1) is 11.6 Å². The van der Waals surface area contributed by atoms with Crippen LogP contribution in [-0.2, 0) is 11.2 Å². The number of carbonyl (C=O) groups is 1. The number of anilines is 2. The van der Waals surface area contributed by atoms with Crippen LogP contribution in [0.2, 0.25) is 0 Å². The van der Waals surface area contributed by atoms with Gasteiger partial charge in [0, 0.05) is 11.4 Å². The van der Waals surface area contributed by atoms with Gasteiger partial charge in [-0.15, -0.1) is 0 Å². The number of nitrogens with one attached hydrogen (secondary N) is 2. The maximum Gasteiger partial charge on any atom is 0.246 e. The highest BCUT2D eigenvalue weighted by Gasteiger charge is 2.12. The molecule has 0 bridgehead atoms. The van der Waals surface area contributed by atoms with Crippen LogP contribution in [0.3, 0.4) is 0 Å². The Hall–Kier alpha value is -2.80. The van der Waals surface area contributed by atoms with Crippen molar-refractivity contribution >= 4 is 17.3 Å². The van der Waals surface area contributed by atoms with Gasteiger partial charge >= 0.3 is 0 Å². The van der Waals surface area contributed by atoms with E-state index in [1.54, 1.807) is 31.2 Å². The summed E-state index contributed by atoms with van der Waals surface area (Å²) in [6, 6.07) is 16.6. The topological polar surface area (TPSA) is 64.9 Å². The second-order valence-corrected chi connectivity index (χ2v) is 5.10. The Kier molecular flexibility index (Phi) is 5.16. The minimum atomic E-state index is -0.377. The molecular weight excluding hydrogens is 274 g/mol. The van der Waals surface area contributed by atoms with Crippen molar-refractivity contribution in [1.29, 1.82) is 5.26 Å². The third-order valence-corrected chi connectivity index (χ3v) is 3.40. The molecule has 112 valence electrons. The molecule has 4 nitrogen and oxygen atoms in total. The lowest BCUT2D eigenvalue weighted by Gasteiger charge is -2.15. The first-order valence-corrected chi connectivity index (χ1v) is 7.29. The second-order valence-electron chi connectivity index (χ2n) is 5.10. The summed E-state index contributed by atoms with van der Waals surface area (Å²) < 4.78 is 0. The predicted octanol–water partition coefficient (Wildman–Crippen LogP) is 3.56. The van der Waals surface area contributed by atoms with Crippen LogP contribution in [0, 0.1) is 11.3 Å². The molecule has 0 radical (unpaired) electrons.